The SMILES string of the molecule is COc1ccc(C(NN)C2CSCCN2C)c(OC)c1Br. The summed E-state index contributed by atoms with van der Waals surface area (Å²) < 4.78 is 11.7. The molecular weight excluding hydrogens is 354 g/mol. The van der Waals surface area contributed by atoms with E-state index in [4.69, 9.17) is 15.3 Å². The van der Waals surface area contributed by atoms with Gasteiger partial charge in [0.25, 0.3) is 0 Å². The van der Waals surface area contributed by atoms with Crippen molar-refractivity contribution in [1.82, 2.24) is 10.3 Å². The number of ether oxygens (including phenoxy) is 2. The molecule has 1 saturated heterocycles. The third-order valence-electron chi connectivity index (χ3n) is 3.86. The average molecular weight is 376 g/mol. The number of hydrogen-bond donors (Lipinski definition) is 2. The van der Waals surface area contributed by atoms with Crippen LogP contribution in [0.2, 0.25) is 0 Å². The third-order valence-corrected chi connectivity index (χ3v) is 5.66. The highest BCUT2D eigenvalue weighted by Crippen LogP contribution is 2.41. The highest BCUT2D eigenvalue weighted by Gasteiger charge is 2.31. The number of thioether (sulfide) groups is 1. The van der Waals surface area contributed by atoms with Gasteiger partial charge in [-0.3, -0.25) is 16.2 Å². The Balaban J connectivity index is 2.39. The lowest BCUT2D eigenvalue weighted by Crippen LogP contribution is -2.49. The van der Waals surface area contributed by atoms with Gasteiger partial charge < -0.3 is 9.47 Å². The van der Waals surface area contributed by atoms with Crippen LogP contribution in [0.25, 0.3) is 0 Å². The topological polar surface area (TPSA) is 59.8 Å². The first-order valence-electron chi connectivity index (χ1n) is 6.78. The standard InChI is InChI=1S/C14H22BrN3O2S/c1-18-6-7-21-8-10(18)13(17-16)9-4-5-11(19-2)12(15)14(9)20-3/h4-5,10,13,17H,6-8,16H2,1-3H3. The minimum Gasteiger partial charge on any atom is -0.495 e. The van der Waals surface area contributed by atoms with Crippen LogP contribution in [0.1, 0.15) is 11.6 Å². The second-order valence-corrected chi connectivity index (χ2v) is 6.91. The molecule has 2 rings (SSSR count). The molecule has 0 radical (unpaired) electrons. The van der Waals surface area contributed by atoms with E-state index in [0.29, 0.717) is 6.04 Å². The van der Waals surface area contributed by atoms with Gasteiger partial charge in [-0.05, 0) is 35.1 Å². The Hall–Kier alpha value is -0.470. The molecule has 1 aliphatic rings. The van der Waals surface area contributed by atoms with E-state index in [0.717, 1.165) is 39.6 Å². The number of hydrogen-bond acceptors (Lipinski definition) is 6. The Morgan fingerprint density at radius 3 is 2.76 bits per heavy atom. The third kappa shape index (κ3) is 3.48. The number of nitrogens with one attached hydrogen (secondary N) is 1. The molecule has 7 heteroatoms. The Kier molecular flexibility index (Phi) is 6.19. The summed E-state index contributed by atoms with van der Waals surface area (Å²) in [4.78, 5) is 2.35. The largest absolute Gasteiger partial charge is 0.495 e. The normalized spacial score (nSPS) is 21.1. The molecule has 1 aromatic carbocycles. The fourth-order valence-electron chi connectivity index (χ4n) is 2.63. The molecule has 1 aliphatic heterocycles. The van der Waals surface area contributed by atoms with Gasteiger partial charge in [0.1, 0.15) is 16.0 Å². The van der Waals surface area contributed by atoms with Gasteiger partial charge in [-0.2, -0.15) is 11.8 Å². The van der Waals surface area contributed by atoms with Gasteiger partial charge >= 0.3 is 0 Å². The maximum absolute atomic E-state index is 5.85. The lowest BCUT2D eigenvalue weighted by Gasteiger charge is -2.38. The summed E-state index contributed by atoms with van der Waals surface area (Å²) in [6.07, 6.45) is 0. The molecule has 118 valence electrons. The molecule has 0 amide bonds. The summed E-state index contributed by atoms with van der Waals surface area (Å²) in [5.74, 6) is 9.57. The molecule has 0 aliphatic carbocycles. The molecule has 1 aromatic rings. The lowest BCUT2D eigenvalue weighted by atomic mass is 9.98. The lowest BCUT2D eigenvalue weighted by molar-refractivity contribution is 0.213. The maximum Gasteiger partial charge on any atom is 0.141 e. The predicted octanol–water partition coefficient (Wildman–Crippen LogP) is 2.02. The van der Waals surface area contributed by atoms with Gasteiger partial charge in [-0.1, -0.05) is 0 Å². The van der Waals surface area contributed by atoms with Gasteiger partial charge in [0.05, 0.1) is 20.3 Å². The van der Waals surface area contributed by atoms with E-state index in [1.54, 1.807) is 14.2 Å². The second-order valence-electron chi connectivity index (χ2n) is 4.97. The number of hydrazine groups is 1. The second kappa shape index (κ2) is 7.69. The van der Waals surface area contributed by atoms with Gasteiger partial charge in [0.2, 0.25) is 0 Å². The van der Waals surface area contributed by atoms with Gasteiger partial charge in [-0.15, -0.1) is 0 Å². The zero-order valence-corrected chi connectivity index (χ0v) is 15.0. The molecule has 0 aromatic heterocycles. The molecule has 2 atom stereocenters. The van der Waals surface area contributed by atoms with Crippen molar-refractivity contribution < 1.29 is 9.47 Å². The van der Waals surface area contributed by atoms with Crippen LogP contribution in [0.5, 0.6) is 11.5 Å². The first kappa shape index (κ1) is 16.9. The Bertz CT molecular complexity index is 490. The van der Waals surface area contributed by atoms with Crippen molar-refractivity contribution in [2.75, 3.05) is 39.3 Å². The fourth-order valence-corrected chi connectivity index (χ4v) is 4.58. The van der Waals surface area contributed by atoms with Crippen LogP contribution in [0.15, 0.2) is 16.6 Å². The number of nitrogens with zero attached hydrogens (tertiary/aromatic N) is 1. The minimum absolute atomic E-state index is 0.0000406. The summed E-state index contributed by atoms with van der Waals surface area (Å²) >= 11 is 5.51. The van der Waals surface area contributed by atoms with E-state index in [1.165, 1.54) is 0 Å². The molecule has 0 saturated carbocycles. The number of rotatable bonds is 5. The van der Waals surface area contributed by atoms with Crippen molar-refractivity contribution in [3.63, 3.8) is 0 Å². The van der Waals surface area contributed by atoms with Gasteiger partial charge in [0, 0.05) is 29.7 Å². The molecule has 1 fully saturated rings. The summed E-state index contributed by atoms with van der Waals surface area (Å²) in [5, 5.41) is 0. The predicted molar refractivity (Wildman–Crippen MR) is 91.1 cm³/mol. The van der Waals surface area contributed by atoms with Crippen LogP contribution in [-0.4, -0.2) is 50.3 Å². The highest BCUT2D eigenvalue weighted by molar-refractivity contribution is 9.10. The van der Waals surface area contributed by atoms with Crippen LogP contribution in [0.3, 0.4) is 0 Å². The number of methoxy groups -OCH3 is 2. The summed E-state index contributed by atoms with van der Waals surface area (Å²) in [7, 11) is 5.44. The van der Waals surface area contributed by atoms with Crippen LogP contribution in [-0.2, 0) is 0 Å². The van der Waals surface area contributed by atoms with Crippen molar-refractivity contribution in [1.29, 1.82) is 0 Å². The van der Waals surface area contributed by atoms with Crippen LogP contribution in [0.4, 0.5) is 0 Å². The maximum atomic E-state index is 5.85. The van der Waals surface area contributed by atoms with Crippen molar-refractivity contribution in [2.45, 2.75) is 12.1 Å². The van der Waals surface area contributed by atoms with Crippen molar-refractivity contribution >= 4 is 27.7 Å². The molecule has 2 unspecified atom stereocenters. The average Bonchev–Trinajstić information content (AvgIpc) is 2.50. The monoisotopic (exact) mass is 375 g/mol. The zero-order chi connectivity index (χ0) is 15.4. The minimum atomic E-state index is -0.0000406. The Labute approximate surface area is 138 Å². The van der Waals surface area contributed by atoms with Crippen molar-refractivity contribution in [3.05, 3.63) is 22.2 Å². The molecule has 5 nitrogen and oxygen atoms in total. The highest BCUT2D eigenvalue weighted by atomic mass is 79.9. The zero-order valence-electron chi connectivity index (χ0n) is 12.6. The molecule has 3 N–H and O–H groups in total. The number of benzene rings is 1. The van der Waals surface area contributed by atoms with Crippen molar-refractivity contribution in [3.8, 4) is 11.5 Å². The summed E-state index contributed by atoms with van der Waals surface area (Å²) in [5.41, 5.74) is 4.00. The van der Waals surface area contributed by atoms with Crippen LogP contribution < -0.4 is 20.7 Å². The molecule has 21 heavy (non-hydrogen) atoms. The Morgan fingerprint density at radius 2 is 2.19 bits per heavy atom. The van der Waals surface area contributed by atoms with E-state index in [1.807, 2.05) is 23.9 Å². The summed E-state index contributed by atoms with van der Waals surface area (Å²) in [6, 6.07) is 4.27. The first-order chi connectivity index (χ1) is 10.1. The molecule has 0 bridgehead atoms. The van der Waals surface area contributed by atoms with Gasteiger partial charge in [-0.25, -0.2) is 0 Å². The molecule has 0 spiro atoms. The quantitative estimate of drug-likeness (QED) is 0.606. The number of halogens is 1. The fraction of sp³-hybridized carbons (Fsp3) is 0.571. The number of nitrogens with two attached hydrogens (primary N) is 1. The van der Waals surface area contributed by atoms with E-state index in [2.05, 4.69) is 33.3 Å². The Morgan fingerprint density at radius 1 is 1.43 bits per heavy atom. The first-order valence-corrected chi connectivity index (χ1v) is 8.73. The number of likely N-dealkylation sites (N-methyl/N-ethyl adjacent to an activating group) is 1. The van der Waals surface area contributed by atoms with Gasteiger partial charge in [0.15, 0.2) is 0 Å². The van der Waals surface area contributed by atoms with Crippen LogP contribution in [0, 0.1) is 0 Å². The van der Waals surface area contributed by atoms with E-state index in [9.17, 15) is 0 Å². The van der Waals surface area contributed by atoms with E-state index in [-0.39, 0.29) is 6.04 Å². The van der Waals surface area contributed by atoms with E-state index >= 15 is 0 Å². The summed E-state index contributed by atoms with van der Waals surface area (Å²) in [6.45, 7) is 1.06. The smallest absolute Gasteiger partial charge is 0.141 e. The van der Waals surface area contributed by atoms with Crippen LogP contribution >= 0.6 is 27.7 Å². The molecular formula is C14H22BrN3O2S. The van der Waals surface area contributed by atoms with E-state index < -0.39 is 0 Å². The molecule has 1 heterocycles. The van der Waals surface area contributed by atoms with Crippen molar-refractivity contribution in [2.24, 2.45) is 5.84 Å².